The molecule has 0 spiro atoms. The second-order valence-electron chi connectivity index (χ2n) is 11.1. The van der Waals surface area contributed by atoms with Crippen LogP contribution in [-0.2, 0) is 6.42 Å². The van der Waals surface area contributed by atoms with Gasteiger partial charge >= 0.3 is 0 Å². The summed E-state index contributed by atoms with van der Waals surface area (Å²) in [5.74, 6) is 1.93. The Morgan fingerprint density at radius 3 is 2.30 bits per heavy atom. The summed E-state index contributed by atoms with van der Waals surface area (Å²) >= 11 is 0. The minimum Gasteiger partial charge on any atom is -0.494 e. The summed E-state index contributed by atoms with van der Waals surface area (Å²) in [5.41, 5.74) is 10.5. The number of fused-ring (bicyclic) bond motifs is 1. The topological polar surface area (TPSA) is 83.1 Å². The number of nitrogens with two attached hydrogens (primary N) is 1. The van der Waals surface area contributed by atoms with Crippen LogP contribution in [0.15, 0.2) is 120 Å². The molecule has 43 heavy (non-hydrogen) atoms. The predicted octanol–water partition coefficient (Wildman–Crippen LogP) is 6.93. The molecule has 4 aromatic carbocycles. The van der Waals surface area contributed by atoms with Crippen LogP contribution in [0, 0.1) is 0 Å². The van der Waals surface area contributed by atoms with Gasteiger partial charge in [0, 0.05) is 17.7 Å². The third-order valence-electron chi connectivity index (χ3n) is 8.26. The second-order valence-corrected chi connectivity index (χ2v) is 11.1. The minimum absolute atomic E-state index is 0.162. The van der Waals surface area contributed by atoms with Gasteiger partial charge in [0.2, 0.25) is 5.91 Å². The Kier molecular flexibility index (Phi) is 8.55. The van der Waals surface area contributed by atoms with Gasteiger partial charge in [-0.05, 0) is 84.4 Å². The van der Waals surface area contributed by atoms with E-state index in [0.717, 1.165) is 37.2 Å². The Morgan fingerprint density at radius 2 is 1.58 bits per heavy atom. The molecule has 2 heterocycles. The highest BCUT2D eigenvalue weighted by Crippen LogP contribution is 2.44. The largest absolute Gasteiger partial charge is 0.494 e. The molecule has 0 saturated heterocycles. The third-order valence-corrected chi connectivity index (χ3v) is 8.26. The number of benzene rings is 4. The Balaban J connectivity index is 1.27. The predicted molar refractivity (Wildman–Crippen MR) is 169 cm³/mol. The highest BCUT2D eigenvalue weighted by atomic mass is 16.6. The van der Waals surface area contributed by atoms with E-state index >= 15 is 0 Å². The van der Waals surface area contributed by atoms with Crippen LogP contribution < -0.4 is 19.9 Å². The van der Waals surface area contributed by atoms with E-state index in [1.54, 1.807) is 18.2 Å². The van der Waals surface area contributed by atoms with Gasteiger partial charge in [0.25, 0.3) is 0 Å². The van der Waals surface area contributed by atoms with Gasteiger partial charge in [-0.25, -0.2) is 0 Å². The van der Waals surface area contributed by atoms with Crippen LogP contribution in [0.4, 0.5) is 0 Å². The standard InChI is InChI=1S/C37H36N2O4/c38-36(40)30-13-7-14-32(25-30)41-20-8-18-37(26-33(28-9-3-1-4-10-28)29-11-5-2-6-12-29)31(17-19-39-37)23-27-15-16-34-35(24-27)43-22-21-42-34/h1-7,9-17,19,24-25,33H,8,18,20-23,26H2,(H2,38,40). The van der Waals surface area contributed by atoms with Gasteiger partial charge in [-0.1, -0.05) is 72.8 Å². The molecule has 4 aromatic rings. The number of allylic oxidation sites excluding steroid dienone is 1. The number of aliphatic imine (C=N–C) groups is 1. The molecular formula is C37H36N2O4. The van der Waals surface area contributed by atoms with Gasteiger partial charge in [-0.15, -0.1) is 0 Å². The van der Waals surface area contributed by atoms with E-state index in [0.29, 0.717) is 31.1 Å². The number of amides is 1. The van der Waals surface area contributed by atoms with Crippen molar-refractivity contribution >= 4 is 12.1 Å². The zero-order chi connectivity index (χ0) is 29.5. The fourth-order valence-corrected chi connectivity index (χ4v) is 6.09. The van der Waals surface area contributed by atoms with Crippen molar-refractivity contribution in [1.29, 1.82) is 0 Å². The number of ether oxygens (including phenoxy) is 3. The summed E-state index contributed by atoms with van der Waals surface area (Å²) in [6, 6.07) is 34.7. The molecular weight excluding hydrogens is 536 g/mol. The third kappa shape index (κ3) is 6.64. The van der Waals surface area contributed by atoms with Crippen LogP contribution >= 0.6 is 0 Å². The Labute approximate surface area is 252 Å². The quantitative estimate of drug-likeness (QED) is 0.187. The van der Waals surface area contributed by atoms with E-state index < -0.39 is 11.4 Å². The van der Waals surface area contributed by atoms with Crippen LogP contribution in [0.2, 0.25) is 0 Å². The molecule has 2 aliphatic heterocycles. The number of carbonyl (C=O) groups is 1. The summed E-state index contributed by atoms with van der Waals surface area (Å²) in [7, 11) is 0. The van der Waals surface area contributed by atoms with Crippen molar-refractivity contribution in [2.45, 2.75) is 37.1 Å². The number of nitrogens with zero attached hydrogens (tertiary/aromatic N) is 1. The Bertz CT molecular complexity index is 1580. The SMILES string of the molecule is NC(=O)c1cccc(OCCCC2(CC(c3ccccc3)c3ccccc3)N=CC=C2Cc2ccc3c(c2)OCCO3)c1. The number of hydrogen-bond donors (Lipinski definition) is 1. The van der Waals surface area contributed by atoms with Gasteiger partial charge in [-0.3, -0.25) is 9.79 Å². The van der Waals surface area contributed by atoms with Crippen molar-refractivity contribution in [2.24, 2.45) is 10.7 Å². The maximum atomic E-state index is 11.6. The molecule has 6 heteroatoms. The lowest BCUT2D eigenvalue weighted by atomic mass is 9.73. The van der Waals surface area contributed by atoms with E-state index in [1.165, 1.54) is 22.3 Å². The molecule has 1 atom stereocenters. The first kappa shape index (κ1) is 28.3. The molecule has 6 nitrogen and oxygen atoms in total. The number of rotatable bonds is 12. The molecule has 1 amide bonds. The molecule has 0 radical (unpaired) electrons. The lowest BCUT2D eigenvalue weighted by molar-refractivity contribution is 0.1000. The first-order valence-electron chi connectivity index (χ1n) is 14.9. The normalized spacial score (nSPS) is 17.1. The second kappa shape index (κ2) is 13.0. The van der Waals surface area contributed by atoms with Gasteiger partial charge in [0.15, 0.2) is 11.5 Å². The number of hydrogen-bond acceptors (Lipinski definition) is 5. The molecule has 6 rings (SSSR count). The molecule has 2 aliphatic rings. The maximum absolute atomic E-state index is 11.6. The van der Waals surface area contributed by atoms with Crippen molar-refractivity contribution in [2.75, 3.05) is 19.8 Å². The fourth-order valence-electron chi connectivity index (χ4n) is 6.09. The number of carbonyl (C=O) groups excluding carboxylic acids is 1. The maximum Gasteiger partial charge on any atom is 0.248 e. The Hall–Kier alpha value is -4.84. The minimum atomic E-state index is -0.466. The lowest BCUT2D eigenvalue weighted by Gasteiger charge is -2.35. The summed E-state index contributed by atoms with van der Waals surface area (Å²) in [4.78, 5) is 16.8. The molecule has 0 saturated carbocycles. The van der Waals surface area contributed by atoms with Crippen LogP contribution in [0.3, 0.4) is 0 Å². The fraction of sp³-hybridized carbons (Fsp3) is 0.243. The summed E-state index contributed by atoms with van der Waals surface area (Å²) in [5, 5.41) is 0. The van der Waals surface area contributed by atoms with E-state index in [2.05, 4.69) is 78.9 Å². The van der Waals surface area contributed by atoms with Crippen LogP contribution in [-0.4, -0.2) is 37.5 Å². The smallest absolute Gasteiger partial charge is 0.248 e. The van der Waals surface area contributed by atoms with E-state index in [9.17, 15) is 4.79 Å². The molecule has 0 bridgehead atoms. The van der Waals surface area contributed by atoms with Crippen molar-refractivity contribution in [3.05, 3.63) is 137 Å². The van der Waals surface area contributed by atoms with Gasteiger partial charge in [0.05, 0.1) is 12.1 Å². The van der Waals surface area contributed by atoms with Gasteiger partial charge < -0.3 is 19.9 Å². The highest BCUT2D eigenvalue weighted by molar-refractivity contribution is 5.93. The average molecular weight is 573 g/mol. The van der Waals surface area contributed by atoms with Crippen molar-refractivity contribution in [3.63, 3.8) is 0 Å². The first-order valence-corrected chi connectivity index (χ1v) is 14.9. The van der Waals surface area contributed by atoms with Gasteiger partial charge in [-0.2, -0.15) is 0 Å². The van der Waals surface area contributed by atoms with Crippen LogP contribution in [0.5, 0.6) is 17.2 Å². The summed E-state index contributed by atoms with van der Waals surface area (Å²) in [6.07, 6.45) is 7.33. The van der Waals surface area contributed by atoms with E-state index in [-0.39, 0.29) is 5.92 Å². The summed E-state index contributed by atoms with van der Waals surface area (Å²) in [6.45, 7) is 1.63. The van der Waals surface area contributed by atoms with Crippen LogP contribution in [0.1, 0.15) is 52.2 Å². The van der Waals surface area contributed by atoms with Crippen molar-refractivity contribution in [1.82, 2.24) is 0 Å². The molecule has 0 aromatic heterocycles. The average Bonchev–Trinajstić information content (AvgIpc) is 3.44. The molecule has 218 valence electrons. The lowest BCUT2D eigenvalue weighted by Crippen LogP contribution is -2.32. The highest BCUT2D eigenvalue weighted by Gasteiger charge is 2.38. The molecule has 0 aliphatic carbocycles. The van der Waals surface area contributed by atoms with Gasteiger partial charge in [0.1, 0.15) is 19.0 Å². The monoisotopic (exact) mass is 572 g/mol. The van der Waals surface area contributed by atoms with E-state index in [4.69, 9.17) is 24.9 Å². The van der Waals surface area contributed by atoms with Crippen LogP contribution in [0.25, 0.3) is 0 Å². The molecule has 0 fully saturated rings. The van der Waals surface area contributed by atoms with Crippen molar-refractivity contribution in [3.8, 4) is 17.2 Å². The molecule has 2 N–H and O–H groups in total. The Morgan fingerprint density at radius 1 is 0.860 bits per heavy atom. The zero-order valence-electron chi connectivity index (χ0n) is 24.2. The summed E-state index contributed by atoms with van der Waals surface area (Å²) < 4.78 is 17.7. The zero-order valence-corrected chi connectivity index (χ0v) is 24.2. The van der Waals surface area contributed by atoms with Crippen molar-refractivity contribution < 1.29 is 19.0 Å². The first-order chi connectivity index (χ1) is 21.1. The molecule has 1 unspecified atom stereocenters. The van der Waals surface area contributed by atoms with E-state index in [1.807, 2.05) is 18.3 Å². The number of primary amides is 1.